The van der Waals surface area contributed by atoms with E-state index in [1.165, 1.54) is 11.6 Å². The Bertz CT molecular complexity index is 1150. The molecule has 0 radical (unpaired) electrons. The SMILES string of the molecule is COc1ccc(Cn2c(N3CCC(C)CC3)nc3c2c(=O)n(C)c(=O)n3C)cc1. The second-order valence-corrected chi connectivity index (χ2v) is 7.89. The van der Waals surface area contributed by atoms with Gasteiger partial charge in [0.05, 0.1) is 13.7 Å². The minimum Gasteiger partial charge on any atom is -0.497 e. The molecule has 154 valence electrons. The average molecular weight is 397 g/mol. The molecule has 29 heavy (non-hydrogen) atoms. The number of rotatable bonds is 4. The molecule has 0 bridgehead atoms. The van der Waals surface area contributed by atoms with Crippen molar-refractivity contribution in [3.8, 4) is 5.75 Å². The second kappa shape index (κ2) is 7.42. The monoisotopic (exact) mass is 397 g/mol. The standard InChI is InChI=1S/C21H27N5O3/c1-14-9-11-25(12-10-14)20-22-18-17(19(27)24(3)21(28)23(18)2)26(20)13-15-5-7-16(29-4)8-6-15/h5-8,14H,9-13H2,1-4H3. The van der Waals surface area contributed by atoms with E-state index in [9.17, 15) is 9.59 Å². The summed E-state index contributed by atoms with van der Waals surface area (Å²) < 4.78 is 9.81. The number of aromatic nitrogens is 4. The zero-order chi connectivity index (χ0) is 20.7. The van der Waals surface area contributed by atoms with E-state index in [-0.39, 0.29) is 11.2 Å². The van der Waals surface area contributed by atoms with Gasteiger partial charge in [-0.05, 0) is 36.5 Å². The van der Waals surface area contributed by atoms with Gasteiger partial charge >= 0.3 is 5.69 Å². The van der Waals surface area contributed by atoms with Crippen LogP contribution in [0.25, 0.3) is 11.2 Å². The minimum absolute atomic E-state index is 0.319. The summed E-state index contributed by atoms with van der Waals surface area (Å²) in [5.41, 5.74) is 1.24. The van der Waals surface area contributed by atoms with Crippen LogP contribution in [0.1, 0.15) is 25.3 Å². The van der Waals surface area contributed by atoms with E-state index in [4.69, 9.17) is 9.72 Å². The maximum absolute atomic E-state index is 13.0. The van der Waals surface area contributed by atoms with Crippen LogP contribution in [-0.2, 0) is 20.6 Å². The first-order valence-corrected chi connectivity index (χ1v) is 9.94. The van der Waals surface area contributed by atoms with Crippen molar-refractivity contribution in [2.24, 2.45) is 20.0 Å². The molecule has 8 nitrogen and oxygen atoms in total. The highest BCUT2D eigenvalue weighted by Crippen LogP contribution is 2.26. The lowest BCUT2D eigenvalue weighted by Crippen LogP contribution is -2.38. The fourth-order valence-corrected chi connectivity index (χ4v) is 3.95. The summed E-state index contributed by atoms with van der Waals surface area (Å²) in [6.07, 6.45) is 2.17. The second-order valence-electron chi connectivity index (χ2n) is 7.89. The van der Waals surface area contributed by atoms with Gasteiger partial charge in [0.2, 0.25) is 5.95 Å². The minimum atomic E-state index is -0.365. The Labute approximate surface area is 169 Å². The normalized spacial score (nSPS) is 15.2. The number of methoxy groups -OCH3 is 1. The van der Waals surface area contributed by atoms with E-state index in [2.05, 4.69) is 11.8 Å². The molecular formula is C21H27N5O3. The van der Waals surface area contributed by atoms with Gasteiger partial charge in [0, 0.05) is 27.2 Å². The van der Waals surface area contributed by atoms with Crippen LogP contribution in [0.15, 0.2) is 33.9 Å². The third-order valence-corrected chi connectivity index (χ3v) is 5.89. The molecule has 0 unspecified atom stereocenters. The van der Waals surface area contributed by atoms with E-state index < -0.39 is 0 Å². The van der Waals surface area contributed by atoms with Crippen molar-refractivity contribution < 1.29 is 4.74 Å². The van der Waals surface area contributed by atoms with Crippen LogP contribution in [0, 0.1) is 5.92 Å². The third-order valence-electron chi connectivity index (χ3n) is 5.89. The largest absolute Gasteiger partial charge is 0.497 e. The summed E-state index contributed by atoms with van der Waals surface area (Å²) in [5.74, 6) is 2.22. The van der Waals surface area contributed by atoms with Crippen LogP contribution in [0.4, 0.5) is 5.95 Å². The molecule has 0 N–H and O–H groups in total. The molecule has 0 aliphatic carbocycles. The van der Waals surface area contributed by atoms with Gasteiger partial charge in [-0.2, -0.15) is 4.98 Å². The van der Waals surface area contributed by atoms with Crippen LogP contribution < -0.4 is 20.9 Å². The average Bonchev–Trinajstić information content (AvgIpc) is 3.11. The first-order valence-electron chi connectivity index (χ1n) is 9.94. The highest BCUT2D eigenvalue weighted by atomic mass is 16.5. The van der Waals surface area contributed by atoms with E-state index in [1.54, 1.807) is 14.2 Å². The zero-order valence-electron chi connectivity index (χ0n) is 17.4. The summed E-state index contributed by atoms with van der Waals surface area (Å²) in [6, 6.07) is 7.79. The lowest BCUT2D eigenvalue weighted by Gasteiger charge is -2.31. The lowest BCUT2D eigenvalue weighted by atomic mass is 10.00. The quantitative estimate of drug-likeness (QED) is 0.670. The molecule has 0 atom stereocenters. The van der Waals surface area contributed by atoms with Crippen molar-refractivity contribution in [2.75, 3.05) is 25.1 Å². The Balaban J connectivity index is 1.89. The summed E-state index contributed by atoms with van der Waals surface area (Å²) in [7, 11) is 4.81. The fourth-order valence-electron chi connectivity index (χ4n) is 3.95. The molecule has 3 aromatic rings. The highest BCUT2D eigenvalue weighted by molar-refractivity contribution is 5.74. The molecule has 8 heteroatoms. The molecule has 1 aromatic carbocycles. The van der Waals surface area contributed by atoms with Crippen LogP contribution in [0.2, 0.25) is 0 Å². The van der Waals surface area contributed by atoms with Crippen molar-refractivity contribution in [2.45, 2.75) is 26.3 Å². The Morgan fingerprint density at radius 2 is 1.72 bits per heavy atom. The molecule has 3 heterocycles. The molecule has 0 saturated carbocycles. The number of benzene rings is 1. The number of hydrogen-bond acceptors (Lipinski definition) is 5. The van der Waals surface area contributed by atoms with E-state index in [0.717, 1.165) is 47.8 Å². The van der Waals surface area contributed by atoms with Crippen molar-refractivity contribution in [1.82, 2.24) is 18.7 Å². The molecule has 1 fully saturated rings. The molecule has 0 amide bonds. The molecule has 0 spiro atoms. The predicted molar refractivity (Wildman–Crippen MR) is 113 cm³/mol. The summed E-state index contributed by atoms with van der Waals surface area (Å²) >= 11 is 0. The van der Waals surface area contributed by atoms with Crippen LogP contribution in [-0.4, -0.2) is 38.9 Å². The van der Waals surface area contributed by atoms with Gasteiger partial charge in [-0.1, -0.05) is 19.1 Å². The maximum Gasteiger partial charge on any atom is 0.332 e. The molecule has 4 rings (SSSR count). The number of ether oxygens (including phenoxy) is 1. The smallest absolute Gasteiger partial charge is 0.332 e. The van der Waals surface area contributed by atoms with Gasteiger partial charge in [0.15, 0.2) is 11.2 Å². The number of fused-ring (bicyclic) bond motifs is 1. The lowest BCUT2D eigenvalue weighted by molar-refractivity contribution is 0.414. The molecule has 1 aliphatic rings. The number of hydrogen-bond donors (Lipinski definition) is 0. The van der Waals surface area contributed by atoms with Gasteiger partial charge in [-0.3, -0.25) is 18.5 Å². The number of imidazole rings is 1. The first kappa shape index (κ1) is 19.3. The summed E-state index contributed by atoms with van der Waals surface area (Å²) in [4.78, 5) is 32.4. The number of piperidine rings is 1. The Hall–Kier alpha value is -3.03. The Morgan fingerprint density at radius 1 is 1.07 bits per heavy atom. The van der Waals surface area contributed by atoms with Crippen LogP contribution in [0.5, 0.6) is 5.75 Å². The highest BCUT2D eigenvalue weighted by Gasteiger charge is 2.25. The van der Waals surface area contributed by atoms with Gasteiger partial charge in [0.1, 0.15) is 5.75 Å². The molecule has 1 saturated heterocycles. The van der Waals surface area contributed by atoms with Crippen molar-refractivity contribution in [3.05, 3.63) is 50.7 Å². The Kier molecular flexibility index (Phi) is 4.94. The van der Waals surface area contributed by atoms with Crippen LogP contribution in [0.3, 0.4) is 0 Å². The number of anilines is 1. The van der Waals surface area contributed by atoms with Gasteiger partial charge in [-0.15, -0.1) is 0 Å². The van der Waals surface area contributed by atoms with Gasteiger partial charge < -0.3 is 9.64 Å². The number of aryl methyl sites for hydroxylation is 1. The van der Waals surface area contributed by atoms with Crippen molar-refractivity contribution >= 4 is 17.1 Å². The molecule has 2 aromatic heterocycles. The van der Waals surface area contributed by atoms with E-state index >= 15 is 0 Å². The van der Waals surface area contributed by atoms with Crippen LogP contribution >= 0.6 is 0 Å². The summed E-state index contributed by atoms with van der Waals surface area (Å²) in [5, 5.41) is 0. The molecule has 1 aliphatic heterocycles. The molecular weight excluding hydrogens is 370 g/mol. The van der Waals surface area contributed by atoms with Gasteiger partial charge in [-0.25, -0.2) is 4.79 Å². The van der Waals surface area contributed by atoms with E-state index in [0.29, 0.717) is 23.6 Å². The topological polar surface area (TPSA) is 74.3 Å². The van der Waals surface area contributed by atoms with E-state index in [1.807, 2.05) is 28.8 Å². The first-order chi connectivity index (χ1) is 13.9. The number of nitrogens with zero attached hydrogens (tertiary/aromatic N) is 5. The summed E-state index contributed by atoms with van der Waals surface area (Å²) in [6.45, 7) is 4.54. The maximum atomic E-state index is 13.0. The van der Waals surface area contributed by atoms with Crippen molar-refractivity contribution in [3.63, 3.8) is 0 Å². The zero-order valence-corrected chi connectivity index (χ0v) is 17.4. The third kappa shape index (κ3) is 3.32. The van der Waals surface area contributed by atoms with Gasteiger partial charge in [0.25, 0.3) is 5.56 Å². The fraction of sp³-hybridized carbons (Fsp3) is 0.476. The van der Waals surface area contributed by atoms with Crippen molar-refractivity contribution in [1.29, 1.82) is 0 Å². The Morgan fingerprint density at radius 3 is 2.34 bits per heavy atom. The predicted octanol–water partition coefficient (Wildman–Crippen LogP) is 1.73.